The zero-order valence-corrected chi connectivity index (χ0v) is 14.3. The van der Waals surface area contributed by atoms with E-state index in [2.05, 4.69) is 9.97 Å². The lowest BCUT2D eigenvalue weighted by molar-refractivity contribution is -0.136. The molecule has 0 aliphatic carbocycles. The molecular weight excluding hydrogens is 320 g/mol. The maximum atomic E-state index is 12.5. The maximum absolute atomic E-state index is 12.5. The highest BCUT2D eigenvalue weighted by Crippen LogP contribution is 2.27. The van der Waals surface area contributed by atoms with Crippen LogP contribution in [-0.2, 0) is 18.9 Å². The molecular formula is C14H18N4O4S. The summed E-state index contributed by atoms with van der Waals surface area (Å²) >= 11 is 0.971. The van der Waals surface area contributed by atoms with Crippen LogP contribution in [0.1, 0.15) is 32.5 Å². The highest BCUT2D eigenvalue weighted by Gasteiger charge is 2.22. The molecule has 0 amide bonds. The minimum Gasteiger partial charge on any atom is -0.480 e. The van der Waals surface area contributed by atoms with Crippen molar-refractivity contribution in [3.05, 3.63) is 26.7 Å². The van der Waals surface area contributed by atoms with Gasteiger partial charge in [0.1, 0.15) is 21.5 Å². The van der Waals surface area contributed by atoms with E-state index in [4.69, 9.17) is 5.11 Å². The van der Waals surface area contributed by atoms with E-state index in [1.165, 1.54) is 25.6 Å². The molecule has 2 heterocycles. The summed E-state index contributed by atoms with van der Waals surface area (Å²) in [6.45, 7) is 5.28. The molecule has 0 unspecified atom stereocenters. The van der Waals surface area contributed by atoms with Gasteiger partial charge in [-0.05, 0) is 6.92 Å². The highest BCUT2D eigenvalue weighted by molar-refractivity contribution is 8.00. The van der Waals surface area contributed by atoms with Crippen LogP contribution in [0.4, 0.5) is 0 Å². The van der Waals surface area contributed by atoms with E-state index < -0.39 is 22.5 Å². The number of carboxylic acid groups (broad SMARTS) is 1. The zero-order chi connectivity index (χ0) is 17.5. The summed E-state index contributed by atoms with van der Waals surface area (Å²) in [4.78, 5) is 44.4. The van der Waals surface area contributed by atoms with Gasteiger partial charge in [-0.1, -0.05) is 25.6 Å². The Kier molecular flexibility index (Phi) is 4.60. The van der Waals surface area contributed by atoms with Crippen molar-refractivity contribution in [3.8, 4) is 0 Å². The molecule has 0 aromatic carbocycles. The minimum absolute atomic E-state index is 0.0296. The number of aromatic nitrogens is 4. The van der Waals surface area contributed by atoms with Gasteiger partial charge >= 0.3 is 11.7 Å². The van der Waals surface area contributed by atoms with E-state index >= 15 is 0 Å². The first kappa shape index (κ1) is 17.2. The number of fused-ring (bicyclic) bond motifs is 1. The van der Waals surface area contributed by atoms with Crippen molar-refractivity contribution in [1.82, 2.24) is 19.1 Å². The van der Waals surface area contributed by atoms with Crippen molar-refractivity contribution < 1.29 is 9.90 Å². The van der Waals surface area contributed by atoms with Crippen LogP contribution in [0.25, 0.3) is 11.0 Å². The number of carboxylic acids is 1. The Labute approximate surface area is 136 Å². The van der Waals surface area contributed by atoms with Crippen LogP contribution in [0.5, 0.6) is 0 Å². The van der Waals surface area contributed by atoms with E-state index in [-0.39, 0.29) is 22.0 Å². The summed E-state index contributed by atoms with van der Waals surface area (Å²) in [5.74, 6) is -0.576. The standard InChI is InChI=1S/C14H18N4O4S/c1-6(2)9-15-10-8(11(16-9)23-7(3)13(20)21)12(19)18(5)14(22)17(10)4/h6-7H,1-5H3,(H,20,21)/t7-/m1/s1. The van der Waals surface area contributed by atoms with Gasteiger partial charge in [-0.25, -0.2) is 14.8 Å². The maximum Gasteiger partial charge on any atom is 0.332 e. The Hall–Kier alpha value is -2.16. The highest BCUT2D eigenvalue weighted by atomic mass is 32.2. The SMILES string of the molecule is CC(C)c1nc(S[C@H](C)C(=O)O)c2c(=O)n(C)c(=O)n(C)c2n1. The van der Waals surface area contributed by atoms with Gasteiger partial charge in [0.2, 0.25) is 0 Å². The van der Waals surface area contributed by atoms with Crippen LogP contribution in [0, 0.1) is 0 Å². The van der Waals surface area contributed by atoms with Gasteiger partial charge < -0.3 is 5.11 Å². The molecule has 2 aromatic rings. The quantitative estimate of drug-likeness (QED) is 0.646. The van der Waals surface area contributed by atoms with Crippen molar-refractivity contribution in [2.45, 2.75) is 37.0 Å². The van der Waals surface area contributed by atoms with Gasteiger partial charge in [0, 0.05) is 20.0 Å². The van der Waals surface area contributed by atoms with E-state index in [1.54, 1.807) is 0 Å². The molecule has 0 bridgehead atoms. The molecule has 0 saturated carbocycles. The average Bonchev–Trinajstić information content (AvgIpc) is 2.49. The summed E-state index contributed by atoms with van der Waals surface area (Å²) < 4.78 is 2.25. The van der Waals surface area contributed by atoms with E-state index in [9.17, 15) is 14.4 Å². The summed E-state index contributed by atoms with van der Waals surface area (Å²) in [5.41, 5.74) is -0.798. The fraction of sp³-hybridized carbons (Fsp3) is 0.500. The third-order valence-electron chi connectivity index (χ3n) is 3.44. The zero-order valence-electron chi connectivity index (χ0n) is 13.5. The molecule has 2 aromatic heterocycles. The van der Waals surface area contributed by atoms with Crippen LogP contribution >= 0.6 is 11.8 Å². The topological polar surface area (TPSA) is 107 Å². The monoisotopic (exact) mass is 338 g/mol. The van der Waals surface area contributed by atoms with Crippen LogP contribution < -0.4 is 11.2 Å². The fourth-order valence-electron chi connectivity index (χ4n) is 2.01. The molecule has 2 rings (SSSR count). The molecule has 0 radical (unpaired) electrons. The second-order valence-corrected chi connectivity index (χ2v) is 6.87. The molecule has 9 heteroatoms. The number of aryl methyl sites for hydroxylation is 1. The first-order valence-corrected chi connectivity index (χ1v) is 7.90. The minimum atomic E-state index is -1.01. The Morgan fingerprint density at radius 2 is 1.74 bits per heavy atom. The van der Waals surface area contributed by atoms with Crippen molar-refractivity contribution in [3.63, 3.8) is 0 Å². The van der Waals surface area contributed by atoms with Gasteiger partial charge in [0.05, 0.1) is 0 Å². The molecule has 23 heavy (non-hydrogen) atoms. The number of hydrogen-bond acceptors (Lipinski definition) is 6. The lowest BCUT2D eigenvalue weighted by Crippen LogP contribution is -2.38. The predicted octanol–water partition coefficient (Wildman–Crippen LogP) is 0.716. The lowest BCUT2D eigenvalue weighted by atomic mass is 10.2. The molecule has 8 nitrogen and oxygen atoms in total. The average molecular weight is 338 g/mol. The predicted molar refractivity (Wildman–Crippen MR) is 87.1 cm³/mol. The third-order valence-corrected chi connectivity index (χ3v) is 4.51. The van der Waals surface area contributed by atoms with Crippen LogP contribution in [0.15, 0.2) is 14.6 Å². The van der Waals surface area contributed by atoms with Crippen molar-refractivity contribution >= 4 is 28.8 Å². The fourth-order valence-corrected chi connectivity index (χ4v) is 2.88. The van der Waals surface area contributed by atoms with E-state index in [0.717, 1.165) is 16.3 Å². The molecule has 1 N–H and O–H groups in total. The number of rotatable bonds is 4. The Bertz CT molecular complexity index is 900. The molecule has 0 spiro atoms. The summed E-state index contributed by atoms with van der Waals surface area (Å²) in [5, 5.41) is 8.78. The molecule has 0 aliphatic heterocycles. The molecule has 0 fully saturated rings. The summed E-state index contributed by atoms with van der Waals surface area (Å²) in [6.07, 6.45) is 0. The normalized spacial score (nSPS) is 12.8. The Morgan fingerprint density at radius 3 is 2.26 bits per heavy atom. The van der Waals surface area contributed by atoms with Crippen molar-refractivity contribution in [2.24, 2.45) is 14.1 Å². The molecule has 1 atom stereocenters. The number of carbonyl (C=O) groups is 1. The molecule has 0 aliphatic rings. The first-order valence-electron chi connectivity index (χ1n) is 7.02. The van der Waals surface area contributed by atoms with Crippen LogP contribution in [-0.4, -0.2) is 35.4 Å². The summed E-state index contributed by atoms with van der Waals surface area (Å²) in [7, 11) is 2.89. The van der Waals surface area contributed by atoms with E-state index in [1.807, 2.05) is 13.8 Å². The second kappa shape index (κ2) is 6.15. The number of nitrogens with zero attached hydrogens (tertiary/aromatic N) is 4. The van der Waals surface area contributed by atoms with Crippen LogP contribution in [0.2, 0.25) is 0 Å². The van der Waals surface area contributed by atoms with Gasteiger partial charge in [-0.3, -0.25) is 18.7 Å². The second-order valence-electron chi connectivity index (χ2n) is 5.54. The van der Waals surface area contributed by atoms with Gasteiger partial charge in [-0.2, -0.15) is 0 Å². The number of hydrogen-bond donors (Lipinski definition) is 1. The smallest absolute Gasteiger partial charge is 0.332 e. The van der Waals surface area contributed by atoms with E-state index in [0.29, 0.717) is 5.82 Å². The number of aliphatic carboxylic acids is 1. The van der Waals surface area contributed by atoms with Gasteiger partial charge in [0.25, 0.3) is 5.56 Å². The van der Waals surface area contributed by atoms with Gasteiger partial charge in [-0.15, -0.1) is 0 Å². The van der Waals surface area contributed by atoms with Gasteiger partial charge in [0.15, 0.2) is 5.65 Å². The van der Waals surface area contributed by atoms with Crippen molar-refractivity contribution in [2.75, 3.05) is 0 Å². The molecule has 0 saturated heterocycles. The first-order chi connectivity index (χ1) is 10.6. The largest absolute Gasteiger partial charge is 0.480 e. The van der Waals surface area contributed by atoms with Crippen LogP contribution in [0.3, 0.4) is 0 Å². The molecule has 124 valence electrons. The van der Waals surface area contributed by atoms with Crippen molar-refractivity contribution in [1.29, 1.82) is 0 Å². The Balaban J connectivity index is 2.90. The summed E-state index contributed by atoms with van der Waals surface area (Å²) in [6, 6.07) is 0. The lowest BCUT2D eigenvalue weighted by Gasteiger charge is -2.14. The third kappa shape index (κ3) is 3.00. The Morgan fingerprint density at radius 1 is 1.13 bits per heavy atom. The number of thioether (sulfide) groups is 1.